The smallest absolute Gasteiger partial charge is 0.265 e. The van der Waals surface area contributed by atoms with Crippen LogP contribution in [0.3, 0.4) is 0 Å². The van der Waals surface area contributed by atoms with E-state index in [-0.39, 0.29) is 18.6 Å². The Kier molecular flexibility index (Phi) is 3.26. The number of hydrogen-bond donors (Lipinski definition) is 1. The standard InChI is InChI=1S/C12H14ClNO3/c1-7(8(2)15)14-10-5-9(13)3-4-11(10)17-6-12(14)16/h3-5,7-8,15H,6H2,1-2H3. The number of benzene rings is 1. The van der Waals surface area contributed by atoms with E-state index in [0.29, 0.717) is 16.5 Å². The third kappa shape index (κ3) is 2.23. The molecule has 2 atom stereocenters. The van der Waals surface area contributed by atoms with Gasteiger partial charge in [0.25, 0.3) is 5.91 Å². The quantitative estimate of drug-likeness (QED) is 0.877. The lowest BCUT2D eigenvalue weighted by molar-refractivity contribution is -0.122. The van der Waals surface area contributed by atoms with Gasteiger partial charge in [-0.25, -0.2) is 0 Å². The van der Waals surface area contributed by atoms with Crippen LogP contribution >= 0.6 is 11.6 Å². The number of ether oxygens (including phenoxy) is 1. The van der Waals surface area contributed by atoms with Gasteiger partial charge in [0.1, 0.15) is 5.75 Å². The fraction of sp³-hybridized carbons (Fsp3) is 0.417. The summed E-state index contributed by atoms with van der Waals surface area (Å²) in [7, 11) is 0. The average Bonchev–Trinajstić information content (AvgIpc) is 2.27. The van der Waals surface area contributed by atoms with E-state index in [2.05, 4.69) is 0 Å². The molecule has 1 aliphatic heterocycles. The van der Waals surface area contributed by atoms with Crippen molar-refractivity contribution in [2.45, 2.75) is 26.0 Å². The Hall–Kier alpha value is -1.26. The zero-order chi connectivity index (χ0) is 12.6. The molecular formula is C12H14ClNO3. The van der Waals surface area contributed by atoms with Gasteiger partial charge in [-0.2, -0.15) is 0 Å². The molecule has 1 heterocycles. The van der Waals surface area contributed by atoms with Crippen LogP contribution in [0.25, 0.3) is 0 Å². The molecule has 17 heavy (non-hydrogen) atoms. The highest BCUT2D eigenvalue weighted by Crippen LogP contribution is 2.35. The van der Waals surface area contributed by atoms with Gasteiger partial charge in [-0.1, -0.05) is 11.6 Å². The van der Waals surface area contributed by atoms with Crippen LogP contribution < -0.4 is 9.64 Å². The second-order valence-corrected chi connectivity index (χ2v) is 4.58. The first-order chi connectivity index (χ1) is 8.00. The lowest BCUT2D eigenvalue weighted by Gasteiger charge is -2.35. The number of aliphatic hydroxyl groups excluding tert-OH is 1. The average molecular weight is 256 g/mol. The monoisotopic (exact) mass is 255 g/mol. The van der Waals surface area contributed by atoms with E-state index in [1.807, 2.05) is 0 Å². The molecule has 1 N–H and O–H groups in total. The van der Waals surface area contributed by atoms with E-state index in [1.54, 1.807) is 32.0 Å². The van der Waals surface area contributed by atoms with E-state index in [9.17, 15) is 9.90 Å². The highest BCUT2D eigenvalue weighted by atomic mass is 35.5. The number of nitrogens with zero attached hydrogens (tertiary/aromatic N) is 1. The molecule has 0 spiro atoms. The summed E-state index contributed by atoms with van der Waals surface area (Å²) in [6.45, 7) is 3.43. The summed E-state index contributed by atoms with van der Waals surface area (Å²) >= 11 is 5.92. The molecule has 2 rings (SSSR count). The van der Waals surface area contributed by atoms with Crippen LogP contribution in [0.4, 0.5) is 5.69 Å². The molecule has 1 aromatic carbocycles. The molecule has 0 radical (unpaired) electrons. The Bertz CT molecular complexity index is 447. The van der Waals surface area contributed by atoms with Crippen molar-refractivity contribution in [1.82, 2.24) is 0 Å². The second kappa shape index (κ2) is 4.55. The maximum absolute atomic E-state index is 11.9. The Labute approximate surface area is 105 Å². The zero-order valence-electron chi connectivity index (χ0n) is 9.68. The van der Waals surface area contributed by atoms with E-state index >= 15 is 0 Å². The van der Waals surface area contributed by atoms with Crippen molar-refractivity contribution in [2.24, 2.45) is 0 Å². The topological polar surface area (TPSA) is 49.8 Å². The number of aliphatic hydroxyl groups is 1. The first-order valence-corrected chi connectivity index (χ1v) is 5.81. The summed E-state index contributed by atoms with van der Waals surface area (Å²) in [5, 5.41) is 10.2. The number of fused-ring (bicyclic) bond motifs is 1. The molecule has 5 heteroatoms. The number of amides is 1. The fourth-order valence-corrected chi connectivity index (χ4v) is 1.97. The van der Waals surface area contributed by atoms with E-state index in [0.717, 1.165) is 0 Å². The molecule has 0 saturated carbocycles. The minimum Gasteiger partial charge on any atom is -0.482 e. The first kappa shape index (κ1) is 12.2. The lowest BCUT2D eigenvalue weighted by atomic mass is 10.1. The summed E-state index contributed by atoms with van der Waals surface area (Å²) in [6, 6.07) is 4.80. The third-order valence-electron chi connectivity index (χ3n) is 2.91. The molecular weight excluding hydrogens is 242 g/mol. The van der Waals surface area contributed by atoms with Crippen molar-refractivity contribution in [3.05, 3.63) is 23.2 Å². The van der Waals surface area contributed by atoms with Crippen molar-refractivity contribution in [3.63, 3.8) is 0 Å². The third-order valence-corrected chi connectivity index (χ3v) is 3.14. The van der Waals surface area contributed by atoms with Crippen LogP contribution in [-0.4, -0.2) is 29.8 Å². The zero-order valence-corrected chi connectivity index (χ0v) is 10.4. The van der Waals surface area contributed by atoms with Crippen LogP contribution in [0.5, 0.6) is 5.75 Å². The number of rotatable bonds is 2. The SMILES string of the molecule is CC(O)C(C)N1C(=O)COc2ccc(Cl)cc21. The first-order valence-electron chi connectivity index (χ1n) is 5.43. The number of carbonyl (C=O) groups excluding carboxylic acids is 1. The number of halogens is 1. The van der Waals surface area contributed by atoms with E-state index in [4.69, 9.17) is 16.3 Å². The molecule has 1 amide bonds. The fourth-order valence-electron chi connectivity index (χ4n) is 1.81. The van der Waals surface area contributed by atoms with Crippen molar-refractivity contribution in [2.75, 3.05) is 11.5 Å². The van der Waals surface area contributed by atoms with Gasteiger partial charge < -0.3 is 14.7 Å². The Morgan fingerprint density at radius 3 is 2.82 bits per heavy atom. The van der Waals surface area contributed by atoms with Crippen molar-refractivity contribution in [3.8, 4) is 5.75 Å². The molecule has 1 aromatic rings. The van der Waals surface area contributed by atoms with Gasteiger partial charge in [-0.15, -0.1) is 0 Å². The molecule has 4 nitrogen and oxygen atoms in total. The molecule has 0 aliphatic carbocycles. The van der Waals surface area contributed by atoms with Gasteiger partial charge in [0.15, 0.2) is 6.61 Å². The normalized spacial score (nSPS) is 18.4. The van der Waals surface area contributed by atoms with E-state index in [1.165, 1.54) is 4.90 Å². The predicted octanol–water partition coefficient (Wildman–Crippen LogP) is 1.83. The van der Waals surface area contributed by atoms with Crippen LogP contribution in [0.15, 0.2) is 18.2 Å². The van der Waals surface area contributed by atoms with Gasteiger partial charge in [0, 0.05) is 5.02 Å². The molecule has 0 aromatic heterocycles. The molecule has 92 valence electrons. The molecule has 0 saturated heterocycles. The van der Waals surface area contributed by atoms with Crippen LogP contribution in [0.2, 0.25) is 5.02 Å². The molecule has 1 aliphatic rings. The second-order valence-electron chi connectivity index (χ2n) is 4.15. The number of carbonyl (C=O) groups is 1. The number of anilines is 1. The highest BCUT2D eigenvalue weighted by molar-refractivity contribution is 6.31. The Morgan fingerprint density at radius 2 is 2.18 bits per heavy atom. The van der Waals surface area contributed by atoms with Gasteiger partial charge in [0.2, 0.25) is 0 Å². The Morgan fingerprint density at radius 1 is 1.47 bits per heavy atom. The maximum Gasteiger partial charge on any atom is 0.265 e. The highest BCUT2D eigenvalue weighted by Gasteiger charge is 2.31. The molecule has 2 unspecified atom stereocenters. The van der Waals surface area contributed by atoms with E-state index < -0.39 is 6.10 Å². The van der Waals surface area contributed by atoms with Crippen LogP contribution in [0.1, 0.15) is 13.8 Å². The van der Waals surface area contributed by atoms with Gasteiger partial charge >= 0.3 is 0 Å². The minimum atomic E-state index is -0.621. The van der Waals surface area contributed by atoms with Gasteiger partial charge in [-0.3, -0.25) is 4.79 Å². The summed E-state index contributed by atoms with van der Waals surface area (Å²) in [6.07, 6.45) is -0.621. The summed E-state index contributed by atoms with van der Waals surface area (Å²) in [4.78, 5) is 13.4. The lowest BCUT2D eigenvalue weighted by Crippen LogP contribution is -2.48. The van der Waals surface area contributed by atoms with Crippen molar-refractivity contribution in [1.29, 1.82) is 0 Å². The Balaban J connectivity index is 2.45. The van der Waals surface area contributed by atoms with Crippen molar-refractivity contribution >= 4 is 23.2 Å². The van der Waals surface area contributed by atoms with Gasteiger partial charge in [-0.05, 0) is 32.0 Å². The number of hydrogen-bond acceptors (Lipinski definition) is 3. The maximum atomic E-state index is 11.9. The largest absolute Gasteiger partial charge is 0.482 e. The van der Waals surface area contributed by atoms with Crippen molar-refractivity contribution < 1.29 is 14.6 Å². The molecule has 0 bridgehead atoms. The van der Waals surface area contributed by atoms with Crippen LogP contribution in [-0.2, 0) is 4.79 Å². The van der Waals surface area contributed by atoms with Crippen LogP contribution in [0, 0.1) is 0 Å². The summed E-state index contributed by atoms with van der Waals surface area (Å²) in [5.41, 5.74) is 0.613. The summed E-state index contributed by atoms with van der Waals surface area (Å²) < 4.78 is 5.32. The van der Waals surface area contributed by atoms with Gasteiger partial charge in [0.05, 0.1) is 17.8 Å². The summed E-state index contributed by atoms with van der Waals surface area (Å²) in [5.74, 6) is 0.440. The predicted molar refractivity (Wildman–Crippen MR) is 65.6 cm³/mol. The molecule has 0 fully saturated rings. The minimum absolute atomic E-state index is 0.00824.